The van der Waals surface area contributed by atoms with Crippen LogP contribution < -0.4 is 16.2 Å². The Labute approximate surface area is 221 Å². The number of para-hydroxylation sites is 2. The van der Waals surface area contributed by atoms with Crippen LogP contribution in [0.2, 0.25) is 0 Å². The molecule has 0 aliphatic carbocycles. The molecule has 188 valence electrons. The molecule has 0 saturated heterocycles. The van der Waals surface area contributed by atoms with Crippen molar-refractivity contribution in [3.63, 3.8) is 0 Å². The lowest BCUT2D eigenvalue weighted by molar-refractivity contribution is 0.708. The maximum Gasteiger partial charge on any atom is 0.277 e. The molecule has 7 heteroatoms. The summed E-state index contributed by atoms with van der Waals surface area (Å²) in [5.41, 5.74) is 7.87. The largest absolute Gasteiger partial charge is 0.385 e. The number of thiazole rings is 1. The van der Waals surface area contributed by atoms with Gasteiger partial charge in [0.05, 0.1) is 5.69 Å². The molecule has 0 aliphatic rings. The molecule has 0 unspecified atom stereocenters. The van der Waals surface area contributed by atoms with Gasteiger partial charge in [0.1, 0.15) is 11.0 Å². The van der Waals surface area contributed by atoms with Gasteiger partial charge in [0.15, 0.2) is 10.8 Å². The lowest BCUT2D eigenvalue weighted by atomic mass is 9.96. The Morgan fingerprint density at radius 1 is 0.973 bits per heavy atom. The summed E-state index contributed by atoms with van der Waals surface area (Å²) in [5, 5.41) is 7.62. The number of rotatable bonds is 8. The first kappa shape index (κ1) is 24.7. The smallest absolute Gasteiger partial charge is 0.277 e. The molecule has 6 nitrogen and oxygen atoms in total. The van der Waals surface area contributed by atoms with E-state index in [1.54, 1.807) is 10.9 Å². The second kappa shape index (κ2) is 10.6. The van der Waals surface area contributed by atoms with Crippen molar-refractivity contribution in [2.24, 2.45) is 0 Å². The molecule has 37 heavy (non-hydrogen) atoms. The number of aryl methyl sites for hydroxylation is 3. The molecule has 2 aromatic heterocycles. The average molecular weight is 510 g/mol. The molecule has 5 rings (SSSR count). The van der Waals surface area contributed by atoms with Crippen LogP contribution in [0.25, 0.3) is 16.0 Å². The van der Waals surface area contributed by atoms with Crippen LogP contribution >= 0.6 is 11.3 Å². The minimum atomic E-state index is -0.0979. The van der Waals surface area contributed by atoms with E-state index in [-0.39, 0.29) is 5.56 Å². The van der Waals surface area contributed by atoms with Crippen LogP contribution in [0.3, 0.4) is 0 Å². The Kier molecular flexibility index (Phi) is 7.06. The fraction of sp³-hybridized carbons (Fsp3) is 0.233. The molecular formula is C30H31N5OS. The Morgan fingerprint density at radius 3 is 2.43 bits per heavy atom. The Hall–Kier alpha value is -3.97. The SMILES string of the molecule is Cc1cc(C)c(-n2cnc3nc(Nc4ccccc4[C@@H](C)CCNc4ccccc4)sc3c2=O)c(C)c1. The molecule has 0 aliphatic heterocycles. The number of nitrogens with zero attached hydrogens (tertiary/aromatic N) is 3. The Balaban J connectivity index is 1.38. The van der Waals surface area contributed by atoms with Gasteiger partial charge in [0.25, 0.3) is 5.56 Å². The van der Waals surface area contributed by atoms with Crippen molar-refractivity contribution in [1.82, 2.24) is 14.5 Å². The van der Waals surface area contributed by atoms with Gasteiger partial charge in [-0.25, -0.2) is 4.98 Å². The van der Waals surface area contributed by atoms with Crippen LogP contribution in [0.5, 0.6) is 0 Å². The van der Waals surface area contributed by atoms with Crippen molar-refractivity contribution in [3.8, 4) is 5.69 Å². The Bertz CT molecular complexity index is 1580. The number of hydrogen-bond donors (Lipinski definition) is 2. The van der Waals surface area contributed by atoms with Crippen LogP contribution in [0.1, 0.15) is 41.5 Å². The summed E-state index contributed by atoms with van der Waals surface area (Å²) in [5.74, 6) is 0.331. The number of aromatic nitrogens is 3. The van der Waals surface area contributed by atoms with E-state index in [1.165, 1.54) is 22.5 Å². The zero-order chi connectivity index (χ0) is 25.9. The standard InChI is InChI=1S/C30H31N5OS/c1-19-16-21(3)26(22(4)17-19)35-18-32-28-27(29(35)36)37-30(34-28)33-25-13-9-8-12-24(25)20(2)14-15-31-23-10-6-5-7-11-23/h5-13,16-18,20,31H,14-15H2,1-4H3,(H,33,34)/t20-/m0/s1. The monoisotopic (exact) mass is 509 g/mol. The summed E-state index contributed by atoms with van der Waals surface area (Å²) in [7, 11) is 0. The maximum atomic E-state index is 13.5. The highest BCUT2D eigenvalue weighted by Gasteiger charge is 2.16. The second-order valence-corrected chi connectivity index (χ2v) is 10.5. The van der Waals surface area contributed by atoms with E-state index in [0.717, 1.165) is 41.2 Å². The number of anilines is 3. The lowest BCUT2D eigenvalue weighted by Gasteiger charge is -2.17. The summed E-state index contributed by atoms with van der Waals surface area (Å²) in [6.45, 7) is 9.23. The fourth-order valence-corrected chi connectivity index (χ4v) is 5.74. The highest BCUT2D eigenvalue weighted by molar-refractivity contribution is 7.22. The van der Waals surface area contributed by atoms with Crippen LogP contribution in [0.15, 0.2) is 77.9 Å². The van der Waals surface area contributed by atoms with Crippen molar-refractivity contribution >= 4 is 38.2 Å². The van der Waals surface area contributed by atoms with Gasteiger partial charge >= 0.3 is 0 Å². The Morgan fingerprint density at radius 2 is 1.68 bits per heavy atom. The topological polar surface area (TPSA) is 71.8 Å². The first-order chi connectivity index (χ1) is 17.9. The second-order valence-electron chi connectivity index (χ2n) is 9.53. The van der Waals surface area contributed by atoms with Crippen LogP contribution in [-0.4, -0.2) is 21.1 Å². The van der Waals surface area contributed by atoms with Crippen LogP contribution in [0.4, 0.5) is 16.5 Å². The highest BCUT2D eigenvalue weighted by atomic mass is 32.1. The third kappa shape index (κ3) is 5.27. The molecule has 0 amide bonds. The molecule has 0 radical (unpaired) electrons. The maximum absolute atomic E-state index is 13.5. The van der Waals surface area contributed by atoms with Crippen molar-refractivity contribution in [1.29, 1.82) is 0 Å². The third-order valence-electron chi connectivity index (χ3n) is 6.61. The van der Waals surface area contributed by atoms with E-state index in [4.69, 9.17) is 0 Å². The quantitative estimate of drug-likeness (QED) is 0.233. The lowest BCUT2D eigenvalue weighted by Crippen LogP contribution is -2.19. The summed E-state index contributed by atoms with van der Waals surface area (Å²) in [6, 6.07) is 22.7. The van der Waals surface area contributed by atoms with Crippen molar-refractivity contribution < 1.29 is 0 Å². The van der Waals surface area contributed by atoms with Gasteiger partial charge in [-0.1, -0.05) is 72.4 Å². The first-order valence-electron chi connectivity index (χ1n) is 12.5. The van der Waals surface area contributed by atoms with Gasteiger partial charge < -0.3 is 10.6 Å². The predicted octanol–water partition coefficient (Wildman–Crippen LogP) is 7.12. The minimum absolute atomic E-state index is 0.0979. The number of benzene rings is 3. The van der Waals surface area contributed by atoms with Gasteiger partial charge in [-0.15, -0.1) is 0 Å². The normalized spacial score (nSPS) is 12.0. The molecule has 3 aromatic carbocycles. The molecule has 2 heterocycles. The van der Waals surface area contributed by atoms with Crippen molar-refractivity contribution in [2.75, 3.05) is 17.2 Å². The summed E-state index contributed by atoms with van der Waals surface area (Å²) < 4.78 is 2.19. The minimum Gasteiger partial charge on any atom is -0.385 e. The molecule has 0 spiro atoms. The summed E-state index contributed by atoms with van der Waals surface area (Å²) in [6.07, 6.45) is 2.57. The van der Waals surface area contributed by atoms with Gasteiger partial charge in [-0.05, 0) is 68.0 Å². The van der Waals surface area contributed by atoms with E-state index in [0.29, 0.717) is 21.4 Å². The zero-order valence-electron chi connectivity index (χ0n) is 21.6. The van der Waals surface area contributed by atoms with Crippen molar-refractivity contribution in [3.05, 3.63) is 106 Å². The third-order valence-corrected chi connectivity index (χ3v) is 7.56. The van der Waals surface area contributed by atoms with E-state index in [2.05, 4.69) is 76.9 Å². The first-order valence-corrected chi connectivity index (χ1v) is 13.3. The van der Waals surface area contributed by atoms with E-state index in [9.17, 15) is 4.79 Å². The van der Waals surface area contributed by atoms with Gasteiger partial charge in [-0.2, -0.15) is 4.98 Å². The summed E-state index contributed by atoms with van der Waals surface area (Å²) >= 11 is 1.35. The molecule has 5 aromatic rings. The number of nitrogens with one attached hydrogen (secondary N) is 2. The molecule has 2 N–H and O–H groups in total. The molecule has 1 atom stereocenters. The van der Waals surface area contributed by atoms with E-state index >= 15 is 0 Å². The van der Waals surface area contributed by atoms with Crippen molar-refractivity contribution in [2.45, 2.75) is 40.0 Å². The molecular weight excluding hydrogens is 478 g/mol. The fourth-order valence-electron chi connectivity index (χ4n) is 4.88. The van der Waals surface area contributed by atoms with Crippen LogP contribution in [-0.2, 0) is 0 Å². The predicted molar refractivity (Wildman–Crippen MR) is 155 cm³/mol. The zero-order valence-corrected chi connectivity index (χ0v) is 22.4. The highest BCUT2D eigenvalue weighted by Crippen LogP contribution is 2.32. The number of hydrogen-bond acceptors (Lipinski definition) is 6. The van der Waals surface area contributed by atoms with Gasteiger partial charge in [0.2, 0.25) is 0 Å². The van der Waals surface area contributed by atoms with Gasteiger partial charge in [0, 0.05) is 17.9 Å². The van der Waals surface area contributed by atoms with E-state index < -0.39 is 0 Å². The molecule has 0 fully saturated rings. The molecule has 0 saturated carbocycles. The van der Waals surface area contributed by atoms with Gasteiger partial charge in [-0.3, -0.25) is 9.36 Å². The average Bonchev–Trinajstić information content (AvgIpc) is 3.29. The van der Waals surface area contributed by atoms with Crippen LogP contribution in [0, 0.1) is 20.8 Å². The summed E-state index contributed by atoms with van der Waals surface area (Å²) in [4.78, 5) is 22.6. The molecule has 0 bridgehead atoms. The number of fused-ring (bicyclic) bond motifs is 1. The van der Waals surface area contributed by atoms with E-state index in [1.807, 2.05) is 38.1 Å².